The molecule has 6 heteroatoms. The molecule has 2 atom stereocenters. The molecular weight excluding hydrogens is 310 g/mol. The van der Waals surface area contributed by atoms with Gasteiger partial charge in [0.15, 0.2) is 5.41 Å². The number of oxime groups is 1. The van der Waals surface area contributed by atoms with Gasteiger partial charge in [0.05, 0.1) is 24.8 Å². The third kappa shape index (κ3) is 2.46. The Hall–Kier alpha value is -2.37. The van der Waals surface area contributed by atoms with Crippen molar-refractivity contribution < 1.29 is 23.9 Å². The summed E-state index contributed by atoms with van der Waals surface area (Å²) < 4.78 is 10.6. The van der Waals surface area contributed by atoms with Crippen molar-refractivity contribution >= 4 is 17.7 Å². The first-order valence-corrected chi connectivity index (χ1v) is 8.24. The SMILES string of the molecule is CCOC(=O)C1(C(=O)OCC)C[C@@H]2CON=C2[C@H]1c1ccccc1. The molecule has 1 aromatic rings. The van der Waals surface area contributed by atoms with E-state index in [2.05, 4.69) is 5.16 Å². The van der Waals surface area contributed by atoms with Crippen LogP contribution < -0.4 is 0 Å². The zero-order chi connectivity index (χ0) is 17.2. The molecule has 0 aromatic heterocycles. The van der Waals surface area contributed by atoms with Crippen molar-refractivity contribution in [1.82, 2.24) is 0 Å². The second-order valence-electron chi connectivity index (χ2n) is 5.97. The number of fused-ring (bicyclic) bond motifs is 1. The highest BCUT2D eigenvalue weighted by Crippen LogP contribution is 2.53. The van der Waals surface area contributed by atoms with E-state index in [-0.39, 0.29) is 19.1 Å². The molecule has 1 fully saturated rings. The molecule has 0 spiro atoms. The minimum atomic E-state index is -1.40. The highest BCUT2D eigenvalue weighted by molar-refractivity contribution is 6.12. The minimum Gasteiger partial charge on any atom is -0.465 e. The Morgan fingerprint density at radius 3 is 2.38 bits per heavy atom. The van der Waals surface area contributed by atoms with Gasteiger partial charge in [0.1, 0.15) is 6.61 Å². The van der Waals surface area contributed by atoms with Crippen molar-refractivity contribution in [3.63, 3.8) is 0 Å². The number of hydrogen-bond acceptors (Lipinski definition) is 6. The normalized spacial score (nSPS) is 23.8. The van der Waals surface area contributed by atoms with Crippen LogP contribution in [0, 0.1) is 11.3 Å². The van der Waals surface area contributed by atoms with Gasteiger partial charge in [0.25, 0.3) is 0 Å². The van der Waals surface area contributed by atoms with Crippen LogP contribution in [0.1, 0.15) is 31.7 Å². The van der Waals surface area contributed by atoms with Gasteiger partial charge in [-0.2, -0.15) is 0 Å². The smallest absolute Gasteiger partial charge is 0.324 e. The van der Waals surface area contributed by atoms with Gasteiger partial charge in [0, 0.05) is 5.92 Å². The molecule has 0 unspecified atom stereocenters. The Morgan fingerprint density at radius 1 is 1.17 bits per heavy atom. The van der Waals surface area contributed by atoms with Gasteiger partial charge >= 0.3 is 11.9 Å². The standard InChI is InChI=1S/C18H21NO5/c1-3-22-16(20)18(17(21)23-4-2)10-13-11-24-19-15(13)14(18)12-8-6-5-7-9-12/h5-9,13-14H,3-4,10-11H2,1-2H3/t13-,14-/m1/s1. The number of carbonyl (C=O) groups is 2. The lowest BCUT2D eigenvalue weighted by atomic mass is 9.73. The quantitative estimate of drug-likeness (QED) is 0.611. The van der Waals surface area contributed by atoms with Crippen LogP contribution in [0.25, 0.3) is 0 Å². The fraction of sp³-hybridized carbons (Fsp3) is 0.500. The van der Waals surface area contributed by atoms with Gasteiger partial charge in [0.2, 0.25) is 0 Å². The van der Waals surface area contributed by atoms with E-state index in [0.717, 1.165) is 11.3 Å². The maximum atomic E-state index is 12.9. The minimum absolute atomic E-state index is 0.0796. The summed E-state index contributed by atoms with van der Waals surface area (Å²) in [5, 5.41) is 4.14. The molecule has 6 nitrogen and oxygen atoms in total. The molecule has 1 aliphatic heterocycles. The summed E-state index contributed by atoms with van der Waals surface area (Å²) in [7, 11) is 0. The fourth-order valence-electron chi connectivity index (χ4n) is 3.68. The van der Waals surface area contributed by atoms with Crippen LogP contribution in [0.15, 0.2) is 35.5 Å². The van der Waals surface area contributed by atoms with Crippen LogP contribution >= 0.6 is 0 Å². The van der Waals surface area contributed by atoms with Crippen molar-refractivity contribution in [3.05, 3.63) is 35.9 Å². The Morgan fingerprint density at radius 2 is 1.79 bits per heavy atom. The van der Waals surface area contributed by atoms with Crippen LogP contribution in [-0.2, 0) is 23.9 Å². The van der Waals surface area contributed by atoms with Crippen LogP contribution in [0.2, 0.25) is 0 Å². The molecule has 0 amide bonds. The third-order valence-electron chi connectivity index (χ3n) is 4.63. The van der Waals surface area contributed by atoms with E-state index in [9.17, 15) is 9.59 Å². The molecule has 2 aliphatic rings. The molecule has 3 rings (SSSR count). The summed E-state index contributed by atoms with van der Waals surface area (Å²) >= 11 is 0. The van der Waals surface area contributed by atoms with Crippen molar-refractivity contribution in [2.75, 3.05) is 19.8 Å². The summed E-state index contributed by atoms with van der Waals surface area (Å²) in [6.07, 6.45) is 0.295. The average Bonchev–Trinajstić information content (AvgIpc) is 3.15. The summed E-state index contributed by atoms with van der Waals surface area (Å²) in [6, 6.07) is 9.42. The van der Waals surface area contributed by atoms with Gasteiger partial charge in [-0.05, 0) is 25.8 Å². The number of rotatable bonds is 5. The second kappa shape index (κ2) is 6.63. The lowest BCUT2D eigenvalue weighted by Crippen LogP contribution is -2.45. The number of esters is 2. The maximum absolute atomic E-state index is 12.9. The number of hydrogen-bond donors (Lipinski definition) is 0. The van der Waals surface area contributed by atoms with Gasteiger partial charge in [-0.1, -0.05) is 35.5 Å². The molecule has 1 aliphatic carbocycles. The van der Waals surface area contributed by atoms with E-state index in [1.165, 1.54) is 0 Å². The highest BCUT2D eigenvalue weighted by Gasteiger charge is 2.65. The molecule has 1 heterocycles. The first kappa shape index (κ1) is 16.5. The van der Waals surface area contributed by atoms with Crippen molar-refractivity contribution in [3.8, 4) is 0 Å². The number of benzene rings is 1. The van der Waals surface area contributed by atoms with Crippen molar-refractivity contribution in [2.24, 2.45) is 16.5 Å². The van der Waals surface area contributed by atoms with Gasteiger partial charge in [-0.15, -0.1) is 0 Å². The zero-order valence-corrected chi connectivity index (χ0v) is 13.9. The monoisotopic (exact) mass is 331 g/mol. The molecule has 128 valence electrons. The van der Waals surface area contributed by atoms with E-state index in [0.29, 0.717) is 13.0 Å². The van der Waals surface area contributed by atoms with E-state index in [4.69, 9.17) is 14.3 Å². The highest BCUT2D eigenvalue weighted by atomic mass is 16.6. The summed E-state index contributed by atoms with van der Waals surface area (Å²) in [6.45, 7) is 4.24. The Kier molecular flexibility index (Phi) is 4.55. The Labute approximate surface area is 140 Å². The number of nitrogens with zero attached hydrogens (tertiary/aromatic N) is 1. The van der Waals surface area contributed by atoms with Crippen LogP contribution in [0.4, 0.5) is 0 Å². The molecule has 1 aromatic carbocycles. The predicted molar refractivity (Wildman–Crippen MR) is 86.4 cm³/mol. The Balaban J connectivity index is 2.13. The third-order valence-corrected chi connectivity index (χ3v) is 4.63. The molecular formula is C18H21NO5. The molecule has 0 bridgehead atoms. The average molecular weight is 331 g/mol. The number of ether oxygens (including phenoxy) is 2. The van der Waals surface area contributed by atoms with E-state index < -0.39 is 23.3 Å². The summed E-state index contributed by atoms with van der Waals surface area (Å²) in [4.78, 5) is 31.0. The lowest BCUT2D eigenvalue weighted by molar-refractivity contribution is -0.173. The first-order valence-electron chi connectivity index (χ1n) is 8.24. The summed E-state index contributed by atoms with van der Waals surface area (Å²) in [5.74, 6) is -1.70. The Bertz CT molecular complexity index is 637. The van der Waals surface area contributed by atoms with Crippen LogP contribution in [0.5, 0.6) is 0 Å². The molecule has 1 saturated carbocycles. The van der Waals surface area contributed by atoms with E-state index in [1.54, 1.807) is 13.8 Å². The van der Waals surface area contributed by atoms with Gasteiger partial charge < -0.3 is 14.3 Å². The van der Waals surface area contributed by atoms with E-state index >= 15 is 0 Å². The van der Waals surface area contributed by atoms with Crippen LogP contribution in [-0.4, -0.2) is 37.5 Å². The molecule has 0 radical (unpaired) electrons. The summed E-state index contributed by atoms with van der Waals surface area (Å²) in [5.41, 5.74) is 0.161. The maximum Gasteiger partial charge on any atom is 0.324 e. The van der Waals surface area contributed by atoms with E-state index in [1.807, 2.05) is 30.3 Å². The predicted octanol–water partition coefficient (Wildman–Crippen LogP) is 2.29. The molecule has 24 heavy (non-hydrogen) atoms. The lowest BCUT2D eigenvalue weighted by Gasteiger charge is -2.31. The zero-order valence-electron chi connectivity index (χ0n) is 13.9. The topological polar surface area (TPSA) is 74.2 Å². The van der Waals surface area contributed by atoms with Gasteiger partial charge in [-0.25, -0.2) is 0 Å². The molecule has 0 saturated heterocycles. The molecule has 0 N–H and O–H groups in total. The first-order chi connectivity index (χ1) is 11.6. The fourth-order valence-corrected chi connectivity index (χ4v) is 3.68. The van der Waals surface area contributed by atoms with Crippen molar-refractivity contribution in [2.45, 2.75) is 26.2 Å². The largest absolute Gasteiger partial charge is 0.465 e. The number of carbonyl (C=O) groups excluding carboxylic acids is 2. The second-order valence-corrected chi connectivity index (χ2v) is 5.97. The van der Waals surface area contributed by atoms with Crippen LogP contribution in [0.3, 0.4) is 0 Å². The van der Waals surface area contributed by atoms with Gasteiger partial charge in [-0.3, -0.25) is 9.59 Å². The van der Waals surface area contributed by atoms with Crippen molar-refractivity contribution in [1.29, 1.82) is 0 Å².